The lowest BCUT2D eigenvalue weighted by molar-refractivity contribution is 0.0972. The van der Waals surface area contributed by atoms with Crippen molar-refractivity contribution in [1.82, 2.24) is 4.98 Å². The Morgan fingerprint density at radius 2 is 2.24 bits per heavy atom. The molecular weight excluding hydrogens is 282 g/mol. The SMILES string of the molecule is CCCc1nc(COc2ccc3c(c2)CCCC3=O)cs1. The molecule has 1 aliphatic rings. The number of hydrogen-bond donors (Lipinski definition) is 0. The maximum Gasteiger partial charge on any atom is 0.163 e. The van der Waals surface area contributed by atoms with Gasteiger partial charge in [0, 0.05) is 17.4 Å². The Balaban J connectivity index is 1.66. The lowest BCUT2D eigenvalue weighted by atomic mass is 9.91. The quantitative estimate of drug-likeness (QED) is 0.831. The van der Waals surface area contributed by atoms with Crippen molar-refractivity contribution < 1.29 is 9.53 Å². The van der Waals surface area contributed by atoms with Gasteiger partial charge >= 0.3 is 0 Å². The third-order valence-electron chi connectivity index (χ3n) is 3.68. The highest BCUT2D eigenvalue weighted by molar-refractivity contribution is 7.09. The monoisotopic (exact) mass is 301 g/mol. The summed E-state index contributed by atoms with van der Waals surface area (Å²) in [5.41, 5.74) is 2.97. The van der Waals surface area contributed by atoms with Crippen LogP contribution in [-0.2, 0) is 19.4 Å². The Hall–Kier alpha value is -1.68. The van der Waals surface area contributed by atoms with Crippen LogP contribution in [0.3, 0.4) is 0 Å². The number of nitrogens with zero attached hydrogens (tertiary/aromatic N) is 1. The summed E-state index contributed by atoms with van der Waals surface area (Å²) in [6, 6.07) is 5.79. The van der Waals surface area contributed by atoms with E-state index in [9.17, 15) is 4.79 Å². The second kappa shape index (κ2) is 6.39. The minimum absolute atomic E-state index is 0.256. The van der Waals surface area contributed by atoms with Gasteiger partial charge in [-0.25, -0.2) is 4.98 Å². The number of thiazole rings is 1. The molecule has 0 unspecified atom stereocenters. The fourth-order valence-electron chi connectivity index (χ4n) is 2.61. The highest BCUT2D eigenvalue weighted by atomic mass is 32.1. The van der Waals surface area contributed by atoms with Crippen LogP contribution in [0, 0.1) is 0 Å². The van der Waals surface area contributed by atoms with Crippen molar-refractivity contribution in [1.29, 1.82) is 0 Å². The molecule has 0 spiro atoms. The van der Waals surface area contributed by atoms with Gasteiger partial charge in [0.05, 0.1) is 10.7 Å². The summed E-state index contributed by atoms with van der Waals surface area (Å²) >= 11 is 1.70. The van der Waals surface area contributed by atoms with E-state index in [2.05, 4.69) is 17.3 Å². The second-order valence-electron chi connectivity index (χ2n) is 5.37. The fraction of sp³-hybridized carbons (Fsp3) is 0.412. The Labute approximate surface area is 129 Å². The van der Waals surface area contributed by atoms with E-state index in [0.717, 1.165) is 48.3 Å². The summed E-state index contributed by atoms with van der Waals surface area (Å²) < 4.78 is 5.82. The average Bonchev–Trinajstić information content (AvgIpc) is 2.93. The number of ketones is 1. The number of Topliss-reactive ketones (excluding diaryl/α,β-unsaturated/α-hetero) is 1. The van der Waals surface area contributed by atoms with Crippen LogP contribution < -0.4 is 4.74 Å². The number of benzene rings is 1. The molecular formula is C17H19NO2S. The molecule has 21 heavy (non-hydrogen) atoms. The highest BCUT2D eigenvalue weighted by Crippen LogP contribution is 2.26. The van der Waals surface area contributed by atoms with Crippen molar-refractivity contribution in [2.24, 2.45) is 0 Å². The van der Waals surface area contributed by atoms with Gasteiger partial charge < -0.3 is 4.74 Å². The van der Waals surface area contributed by atoms with Crippen LogP contribution in [0.5, 0.6) is 5.75 Å². The van der Waals surface area contributed by atoms with Crippen molar-refractivity contribution in [3.63, 3.8) is 0 Å². The molecule has 0 saturated heterocycles. The number of hydrogen-bond acceptors (Lipinski definition) is 4. The van der Waals surface area contributed by atoms with Crippen molar-refractivity contribution in [3.8, 4) is 5.75 Å². The minimum Gasteiger partial charge on any atom is -0.487 e. The summed E-state index contributed by atoms with van der Waals surface area (Å²) in [5.74, 6) is 1.08. The molecule has 0 bridgehead atoms. The van der Waals surface area contributed by atoms with Gasteiger partial charge in [0.15, 0.2) is 5.78 Å². The second-order valence-corrected chi connectivity index (χ2v) is 6.31. The highest BCUT2D eigenvalue weighted by Gasteiger charge is 2.17. The van der Waals surface area contributed by atoms with E-state index in [1.807, 2.05) is 18.2 Å². The number of aryl methyl sites for hydroxylation is 2. The topological polar surface area (TPSA) is 39.2 Å². The number of carbonyl (C=O) groups excluding carboxylic acids is 1. The van der Waals surface area contributed by atoms with Gasteiger partial charge in [-0.15, -0.1) is 11.3 Å². The normalized spacial score (nSPS) is 14.0. The third kappa shape index (κ3) is 3.32. The van der Waals surface area contributed by atoms with Crippen LogP contribution in [0.25, 0.3) is 0 Å². The molecule has 0 saturated carbocycles. The molecule has 0 atom stereocenters. The molecule has 1 heterocycles. The van der Waals surface area contributed by atoms with Crippen molar-refractivity contribution in [2.45, 2.75) is 45.6 Å². The fourth-order valence-corrected chi connectivity index (χ4v) is 3.50. The van der Waals surface area contributed by atoms with Gasteiger partial charge in [0.25, 0.3) is 0 Å². The molecule has 110 valence electrons. The average molecular weight is 301 g/mol. The van der Waals surface area contributed by atoms with Crippen LogP contribution in [0.1, 0.15) is 52.8 Å². The molecule has 2 aromatic rings. The maximum absolute atomic E-state index is 11.8. The number of carbonyl (C=O) groups is 1. The third-order valence-corrected chi connectivity index (χ3v) is 4.63. The van der Waals surface area contributed by atoms with Gasteiger partial charge in [0.1, 0.15) is 12.4 Å². The molecule has 1 aromatic carbocycles. The summed E-state index contributed by atoms with van der Waals surface area (Å²) in [6.45, 7) is 2.65. The lowest BCUT2D eigenvalue weighted by Gasteiger charge is -2.15. The maximum atomic E-state index is 11.8. The molecule has 4 heteroatoms. The van der Waals surface area contributed by atoms with Crippen LogP contribution in [0.15, 0.2) is 23.6 Å². The van der Waals surface area contributed by atoms with E-state index >= 15 is 0 Å². The summed E-state index contributed by atoms with van der Waals surface area (Å²) in [5, 5.41) is 3.24. The molecule has 3 nitrogen and oxygen atoms in total. The number of ether oxygens (including phenoxy) is 1. The van der Waals surface area contributed by atoms with Gasteiger partial charge in [-0.05, 0) is 49.4 Å². The number of aromatic nitrogens is 1. The zero-order valence-corrected chi connectivity index (χ0v) is 13.0. The number of rotatable bonds is 5. The standard InChI is InChI=1S/C17H19NO2S/c1-2-4-17-18-13(11-21-17)10-20-14-7-8-15-12(9-14)5-3-6-16(15)19/h7-9,11H,2-6,10H2,1H3. The first-order valence-corrected chi connectivity index (χ1v) is 8.36. The zero-order chi connectivity index (χ0) is 14.7. The van der Waals surface area contributed by atoms with Gasteiger partial charge in [-0.1, -0.05) is 6.92 Å². The van der Waals surface area contributed by atoms with Gasteiger partial charge in [0.2, 0.25) is 0 Å². The molecule has 0 N–H and O–H groups in total. The van der Waals surface area contributed by atoms with Crippen LogP contribution in [0.2, 0.25) is 0 Å². The van der Waals surface area contributed by atoms with E-state index < -0.39 is 0 Å². The smallest absolute Gasteiger partial charge is 0.163 e. The van der Waals surface area contributed by atoms with Crippen LogP contribution in [0.4, 0.5) is 0 Å². The minimum atomic E-state index is 0.256. The Morgan fingerprint density at radius 1 is 1.33 bits per heavy atom. The zero-order valence-electron chi connectivity index (χ0n) is 12.2. The van der Waals surface area contributed by atoms with E-state index in [1.54, 1.807) is 11.3 Å². The van der Waals surface area contributed by atoms with Crippen molar-refractivity contribution in [3.05, 3.63) is 45.4 Å². The first-order chi connectivity index (χ1) is 10.3. The van der Waals surface area contributed by atoms with E-state index in [-0.39, 0.29) is 5.78 Å². The van der Waals surface area contributed by atoms with Crippen LogP contribution >= 0.6 is 11.3 Å². The Kier molecular flexibility index (Phi) is 4.34. The number of fused-ring (bicyclic) bond motifs is 1. The molecule has 3 rings (SSSR count). The molecule has 0 fully saturated rings. The van der Waals surface area contributed by atoms with E-state index in [4.69, 9.17) is 4.74 Å². The van der Waals surface area contributed by atoms with Gasteiger partial charge in [-0.3, -0.25) is 4.79 Å². The largest absolute Gasteiger partial charge is 0.487 e. The van der Waals surface area contributed by atoms with E-state index in [1.165, 1.54) is 5.01 Å². The van der Waals surface area contributed by atoms with E-state index in [0.29, 0.717) is 13.0 Å². The molecule has 1 aromatic heterocycles. The molecule has 0 radical (unpaired) electrons. The van der Waals surface area contributed by atoms with Crippen LogP contribution in [-0.4, -0.2) is 10.8 Å². The first kappa shape index (κ1) is 14.3. The molecule has 0 aliphatic heterocycles. The Morgan fingerprint density at radius 3 is 3.10 bits per heavy atom. The molecule has 0 amide bonds. The predicted molar refractivity (Wildman–Crippen MR) is 84.2 cm³/mol. The molecule has 1 aliphatic carbocycles. The summed E-state index contributed by atoms with van der Waals surface area (Å²) in [6.07, 6.45) is 4.74. The van der Waals surface area contributed by atoms with Crippen molar-refractivity contribution in [2.75, 3.05) is 0 Å². The van der Waals surface area contributed by atoms with Gasteiger partial charge in [-0.2, -0.15) is 0 Å². The summed E-state index contributed by atoms with van der Waals surface area (Å²) in [4.78, 5) is 16.3. The summed E-state index contributed by atoms with van der Waals surface area (Å²) in [7, 11) is 0. The van der Waals surface area contributed by atoms with Crippen molar-refractivity contribution >= 4 is 17.1 Å². The first-order valence-electron chi connectivity index (χ1n) is 7.48. The predicted octanol–water partition coefficient (Wildman–Crippen LogP) is 4.19. The Bertz CT molecular complexity index is 648. The lowest BCUT2D eigenvalue weighted by Crippen LogP contribution is -2.10.